The van der Waals surface area contributed by atoms with E-state index in [0.717, 1.165) is 31.8 Å². The fraction of sp³-hybridized carbons (Fsp3) is 0.462. The normalized spacial score (nSPS) is 17.5. The molecule has 0 saturated carbocycles. The molecular formula is C13H16ClNO. The molecule has 0 aliphatic carbocycles. The molecule has 1 aromatic carbocycles. The quantitative estimate of drug-likeness (QED) is 0.735. The van der Waals surface area contributed by atoms with E-state index in [2.05, 4.69) is 6.92 Å². The van der Waals surface area contributed by atoms with Crippen LogP contribution in [-0.4, -0.2) is 23.9 Å². The fourth-order valence-corrected chi connectivity index (χ4v) is 2.23. The summed E-state index contributed by atoms with van der Waals surface area (Å²) in [5.74, 6) is 0.799. The zero-order chi connectivity index (χ0) is 11.5. The highest BCUT2D eigenvalue weighted by atomic mass is 35.5. The van der Waals surface area contributed by atoms with Gasteiger partial charge in [-0.15, -0.1) is 0 Å². The van der Waals surface area contributed by atoms with E-state index in [4.69, 9.17) is 11.6 Å². The summed E-state index contributed by atoms with van der Waals surface area (Å²) in [7, 11) is 0. The van der Waals surface area contributed by atoms with Gasteiger partial charge in [-0.05, 0) is 30.9 Å². The molecule has 0 radical (unpaired) electrons. The number of nitrogens with zero attached hydrogens (tertiary/aromatic N) is 1. The van der Waals surface area contributed by atoms with Crippen molar-refractivity contribution in [3.8, 4) is 0 Å². The van der Waals surface area contributed by atoms with Crippen LogP contribution in [0.2, 0.25) is 5.02 Å². The standard InChI is InChI=1S/C13H16ClNO/c1-10-6-8-15(9-7-10)13(16)11-4-2-3-5-12(11)14/h2-5,10H,6-9H2,1H3. The summed E-state index contributed by atoms with van der Waals surface area (Å²) in [4.78, 5) is 14.1. The van der Waals surface area contributed by atoms with E-state index in [-0.39, 0.29) is 5.91 Å². The number of carbonyl (C=O) groups excluding carboxylic acids is 1. The van der Waals surface area contributed by atoms with Gasteiger partial charge in [-0.1, -0.05) is 30.7 Å². The third-order valence-electron chi connectivity index (χ3n) is 3.18. The maximum Gasteiger partial charge on any atom is 0.255 e. The molecule has 1 heterocycles. The number of piperidine rings is 1. The van der Waals surface area contributed by atoms with Crippen LogP contribution < -0.4 is 0 Å². The number of halogens is 1. The van der Waals surface area contributed by atoms with Gasteiger partial charge >= 0.3 is 0 Å². The maximum absolute atomic E-state index is 12.2. The Hall–Kier alpha value is -1.02. The van der Waals surface area contributed by atoms with Crippen LogP contribution in [0.5, 0.6) is 0 Å². The first-order chi connectivity index (χ1) is 7.68. The molecule has 1 amide bonds. The Morgan fingerprint density at radius 1 is 1.31 bits per heavy atom. The molecule has 0 N–H and O–H groups in total. The molecule has 16 heavy (non-hydrogen) atoms. The first kappa shape index (κ1) is 11.5. The van der Waals surface area contributed by atoms with Crippen molar-refractivity contribution in [3.63, 3.8) is 0 Å². The minimum Gasteiger partial charge on any atom is -0.339 e. The SMILES string of the molecule is CC1CCN(C(=O)c2ccccc2Cl)CC1. The number of rotatable bonds is 1. The number of hydrogen-bond donors (Lipinski definition) is 0. The summed E-state index contributed by atoms with van der Waals surface area (Å²) >= 11 is 6.02. The molecule has 86 valence electrons. The van der Waals surface area contributed by atoms with E-state index in [9.17, 15) is 4.79 Å². The number of likely N-dealkylation sites (tertiary alicyclic amines) is 1. The van der Waals surface area contributed by atoms with E-state index in [1.54, 1.807) is 12.1 Å². The van der Waals surface area contributed by atoms with Crippen LogP contribution in [-0.2, 0) is 0 Å². The van der Waals surface area contributed by atoms with Gasteiger partial charge in [-0.2, -0.15) is 0 Å². The van der Waals surface area contributed by atoms with E-state index >= 15 is 0 Å². The van der Waals surface area contributed by atoms with Crippen LogP contribution in [0.25, 0.3) is 0 Å². The van der Waals surface area contributed by atoms with E-state index in [1.807, 2.05) is 17.0 Å². The van der Waals surface area contributed by atoms with Gasteiger partial charge < -0.3 is 4.90 Å². The minimum atomic E-state index is 0.0671. The Morgan fingerprint density at radius 3 is 2.56 bits per heavy atom. The molecule has 0 bridgehead atoms. The number of benzene rings is 1. The Bertz CT molecular complexity index is 383. The van der Waals surface area contributed by atoms with Crippen LogP contribution in [0.3, 0.4) is 0 Å². The number of amides is 1. The predicted octanol–water partition coefficient (Wildman–Crippen LogP) is 3.21. The number of hydrogen-bond acceptors (Lipinski definition) is 1. The average molecular weight is 238 g/mol. The molecule has 1 saturated heterocycles. The van der Waals surface area contributed by atoms with Crippen molar-refractivity contribution >= 4 is 17.5 Å². The van der Waals surface area contributed by atoms with Crippen molar-refractivity contribution in [2.24, 2.45) is 5.92 Å². The van der Waals surface area contributed by atoms with Crippen molar-refractivity contribution in [1.29, 1.82) is 0 Å². The summed E-state index contributed by atoms with van der Waals surface area (Å²) in [6.45, 7) is 3.94. The molecule has 3 heteroatoms. The zero-order valence-corrected chi connectivity index (χ0v) is 10.2. The minimum absolute atomic E-state index is 0.0671. The summed E-state index contributed by atoms with van der Waals surface area (Å²) in [6.07, 6.45) is 2.19. The van der Waals surface area contributed by atoms with Crippen LogP contribution in [0.1, 0.15) is 30.1 Å². The summed E-state index contributed by atoms with van der Waals surface area (Å²) in [5.41, 5.74) is 0.624. The summed E-state index contributed by atoms with van der Waals surface area (Å²) < 4.78 is 0. The highest BCUT2D eigenvalue weighted by Crippen LogP contribution is 2.21. The molecule has 0 unspecified atom stereocenters. The average Bonchev–Trinajstić information content (AvgIpc) is 2.30. The predicted molar refractivity (Wildman–Crippen MR) is 65.8 cm³/mol. The molecule has 0 aromatic heterocycles. The number of carbonyl (C=O) groups is 1. The van der Waals surface area contributed by atoms with Gasteiger partial charge in [0.2, 0.25) is 0 Å². The Balaban J connectivity index is 2.11. The van der Waals surface area contributed by atoms with Crippen LogP contribution in [0.15, 0.2) is 24.3 Å². The van der Waals surface area contributed by atoms with E-state index in [0.29, 0.717) is 10.6 Å². The van der Waals surface area contributed by atoms with Gasteiger partial charge in [0.15, 0.2) is 0 Å². The largest absolute Gasteiger partial charge is 0.339 e. The lowest BCUT2D eigenvalue weighted by atomic mass is 9.98. The smallest absolute Gasteiger partial charge is 0.255 e. The van der Waals surface area contributed by atoms with Crippen molar-refractivity contribution < 1.29 is 4.79 Å². The van der Waals surface area contributed by atoms with Gasteiger partial charge in [0.25, 0.3) is 5.91 Å². The van der Waals surface area contributed by atoms with Gasteiger partial charge in [0, 0.05) is 13.1 Å². The Kier molecular flexibility index (Phi) is 3.49. The van der Waals surface area contributed by atoms with E-state index in [1.165, 1.54) is 0 Å². The van der Waals surface area contributed by atoms with Crippen molar-refractivity contribution in [2.75, 3.05) is 13.1 Å². The highest BCUT2D eigenvalue weighted by Gasteiger charge is 2.22. The Labute approximate surface area is 101 Å². The lowest BCUT2D eigenvalue weighted by Crippen LogP contribution is -2.38. The molecule has 2 rings (SSSR count). The van der Waals surface area contributed by atoms with Gasteiger partial charge in [-0.25, -0.2) is 0 Å². The van der Waals surface area contributed by atoms with Crippen molar-refractivity contribution in [1.82, 2.24) is 4.90 Å². The van der Waals surface area contributed by atoms with Crippen LogP contribution >= 0.6 is 11.6 Å². The van der Waals surface area contributed by atoms with Crippen LogP contribution in [0, 0.1) is 5.92 Å². The molecule has 0 spiro atoms. The van der Waals surface area contributed by atoms with Crippen LogP contribution in [0.4, 0.5) is 0 Å². The summed E-state index contributed by atoms with van der Waals surface area (Å²) in [6, 6.07) is 7.26. The summed E-state index contributed by atoms with van der Waals surface area (Å²) in [5, 5.41) is 0.547. The second kappa shape index (κ2) is 4.88. The Morgan fingerprint density at radius 2 is 1.94 bits per heavy atom. The molecule has 2 nitrogen and oxygen atoms in total. The first-order valence-electron chi connectivity index (χ1n) is 5.72. The molecule has 1 fully saturated rings. The fourth-order valence-electron chi connectivity index (χ4n) is 2.02. The maximum atomic E-state index is 12.2. The van der Waals surface area contributed by atoms with E-state index < -0.39 is 0 Å². The second-order valence-electron chi connectivity index (χ2n) is 4.45. The molecule has 1 aliphatic heterocycles. The zero-order valence-electron chi connectivity index (χ0n) is 9.45. The lowest BCUT2D eigenvalue weighted by Gasteiger charge is -2.30. The molecular weight excluding hydrogens is 222 g/mol. The monoisotopic (exact) mass is 237 g/mol. The second-order valence-corrected chi connectivity index (χ2v) is 4.86. The van der Waals surface area contributed by atoms with Gasteiger partial charge in [0.05, 0.1) is 10.6 Å². The van der Waals surface area contributed by atoms with Crippen molar-refractivity contribution in [2.45, 2.75) is 19.8 Å². The lowest BCUT2D eigenvalue weighted by molar-refractivity contribution is 0.0697. The van der Waals surface area contributed by atoms with Crippen molar-refractivity contribution in [3.05, 3.63) is 34.9 Å². The molecule has 1 aromatic rings. The molecule has 0 atom stereocenters. The molecule has 1 aliphatic rings. The highest BCUT2D eigenvalue weighted by molar-refractivity contribution is 6.33. The third kappa shape index (κ3) is 2.38. The third-order valence-corrected chi connectivity index (χ3v) is 3.50. The van der Waals surface area contributed by atoms with Gasteiger partial charge in [0.1, 0.15) is 0 Å². The topological polar surface area (TPSA) is 20.3 Å². The first-order valence-corrected chi connectivity index (χ1v) is 6.10. The van der Waals surface area contributed by atoms with Gasteiger partial charge in [-0.3, -0.25) is 4.79 Å².